The van der Waals surface area contributed by atoms with E-state index in [1.807, 2.05) is 18.4 Å². The Balaban J connectivity index is 1.82. The van der Waals surface area contributed by atoms with Gasteiger partial charge in [0.15, 0.2) is 17.5 Å². The Morgan fingerprint density at radius 3 is 2.74 bits per heavy atom. The molecular formula is C17H22FN3OS. The summed E-state index contributed by atoms with van der Waals surface area (Å²) in [7, 11) is 1.72. The van der Waals surface area contributed by atoms with E-state index in [1.54, 1.807) is 36.6 Å². The van der Waals surface area contributed by atoms with Crippen molar-refractivity contribution in [2.24, 2.45) is 4.99 Å². The quantitative estimate of drug-likeness (QED) is 0.602. The van der Waals surface area contributed by atoms with Gasteiger partial charge in [-0.25, -0.2) is 4.39 Å². The second-order valence-electron chi connectivity index (χ2n) is 4.96. The lowest BCUT2D eigenvalue weighted by Crippen LogP contribution is -2.42. The molecule has 0 aliphatic heterocycles. The maximum absolute atomic E-state index is 13.6. The third kappa shape index (κ3) is 5.56. The minimum Gasteiger partial charge on any atom is -0.486 e. The molecule has 0 saturated carbocycles. The molecule has 0 aliphatic rings. The van der Waals surface area contributed by atoms with Crippen LogP contribution in [0.2, 0.25) is 0 Å². The van der Waals surface area contributed by atoms with Crippen LogP contribution in [0, 0.1) is 5.82 Å². The van der Waals surface area contributed by atoms with E-state index in [4.69, 9.17) is 4.74 Å². The third-order valence-electron chi connectivity index (χ3n) is 3.32. The van der Waals surface area contributed by atoms with Crippen molar-refractivity contribution in [3.63, 3.8) is 0 Å². The Hall–Kier alpha value is -2.08. The van der Waals surface area contributed by atoms with Gasteiger partial charge in [0.25, 0.3) is 0 Å². The highest BCUT2D eigenvalue weighted by Crippen LogP contribution is 2.17. The van der Waals surface area contributed by atoms with Crippen molar-refractivity contribution >= 4 is 17.3 Å². The standard InChI is InChI=1S/C17H22FN3OS/c1-3-13(22-16-9-5-4-8-15(16)18)11-20-17(19-2)21-12-14-7-6-10-23-14/h4-10,13H,3,11-12H2,1-2H3,(H2,19,20,21). The largest absolute Gasteiger partial charge is 0.486 e. The fourth-order valence-corrected chi connectivity index (χ4v) is 2.65. The number of hydrogen-bond donors (Lipinski definition) is 2. The minimum absolute atomic E-state index is 0.132. The number of para-hydroxylation sites is 1. The number of ether oxygens (including phenoxy) is 1. The average molecular weight is 335 g/mol. The SMILES string of the molecule is CCC(CNC(=NC)NCc1cccs1)Oc1ccccc1F. The Morgan fingerprint density at radius 1 is 1.26 bits per heavy atom. The second-order valence-corrected chi connectivity index (χ2v) is 6.00. The van der Waals surface area contributed by atoms with Gasteiger partial charge in [-0.3, -0.25) is 4.99 Å². The van der Waals surface area contributed by atoms with Crippen LogP contribution < -0.4 is 15.4 Å². The number of halogens is 1. The summed E-state index contributed by atoms with van der Waals surface area (Å²) in [6.45, 7) is 3.28. The molecule has 1 unspecified atom stereocenters. The van der Waals surface area contributed by atoms with Gasteiger partial charge in [-0.1, -0.05) is 25.1 Å². The maximum Gasteiger partial charge on any atom is 0.191 e. The number of aliphatic imine (C=N–C) groups is 1. The van der Waals surface area contributed by atoms with E-state index < -0.39 is 0 Å². The molecule has 0 amide bonds. The zero-order valence-corrected chi connectivity index (χ0v) is 14.2. The van der Waals surface area contributed by atoms with Crippen LogP contribution in [0.3, 0.4) is 0 Å². The van der Waals surface area contributed by atoms with Gasteiger partial charge in [0, 0.05) is 11.9 Å². The third-order valence-corrected chi connectivity index (χ3v) is 4.19. The predicted octanol–water partition coefficient (Wildman–Crippen LogP) is 3.41. The van der Waals surface area contributed by atoms with Crippen LogP contribution in [0.4, 0.5) is 4.39 Å². The van der Waals surface area contributed by atoms with Crippen LogP contribution >= 0.6 is 11.3 Å². The topological polar surface area (TPSA) is 45.7 Å². The molecule has 0 fully saturated rings. The molecule has 4 nitrogen and oxygen atoms in total. The van der Waals surface area contributed by atoms with Crippen molar-refractivity contribution in [3.05, 3.63) is 52.5 Å². The summed E-state index contributed by atoms with van der Waals surface area (Å²) in [5.74, 6) is 0.641. The molecular weight excluding hydrogens is 313 g/mol. The van der Waals surface area contributed by atoms with Crippen molar-refractivity contribution in [2.45, 2.75) is 26.0 Å². The summed E-state index contributed by atoms with van der Waals surface area (Å²) in [5, 5.41) is 8.51. The predicted molar refractivity (Wildman–Crippen MR) is 93.6 cm³/mol. The van der Waals surface area contributed by atoms with E-state index in [-0.39, 0.29) is 17.7 Å². The minimum atomic E-state index is -0.342. The lowest BCUT2D eigenvalue weighted by Gasteiger charge is -2.20. The summed E-state index contributed by atoms with van der Waals surface area (Å²) in [4.78, 5) is 5.43. The van der Waals surface area contributed by atoms with E-state index in [2.05, 4.69) is 21.7 Å². The summed E-state index contributed by atoms with van der Waals surface area (Å²) < 4.78 is 19.4. The molecule has 23 heavy (non-hydrogen) atoms. The number of thiophene rings is 1. The average Bonchev–Trinajstić information content (AvgIpc) is 3.09. The van der Waals surface area contributed by atoms with Gasteiger partial charge in [0.1, 0.15) is 6.10 Å². The van der Waals surface area contributed by atoms with E-state index >= 15 is 0 Å². The Bertz CT molecular complexity index is 616. The van der Waals surface area contributed by atoms with Crippen LogP contribution in [-0.2, 0) is 6.54 Å². The smallest absolute Gasteiger partial charge is 0.191 e. The van der Waals surface area contributed by atoms with Crippen molar-refractivity contribution in [3.8, 4) is 5.75 Å². The van der Waals surface area contributed by atoms with Gasteiger partial charge in [-0.15, -0.1) is 11.3 Å². The zero-order valence-electron chi connectivity index (χ0n) is 13.4. The molecule has 1 heterocycles. The van der Waals surface area contributed by atoms with Crippen LogP contribution in [0.1, 0.15) is 18.2 Å². The van der Waals surface area contributed by atoms with Gasteiger partial charge < -0.3 is 15.4 Å². The number of hydrogen-bond acceptors (Lipinski definition) is 3. The first-order valence-electron chi connectivity index (χ1n) is 7.61. The fraction of sp³-hybridized carbons (Fsp3) is 0.353. The maximum atomic E-state index is 13.6. The highest BCUT2D eigenvalue weighted by Gasteiger charge is 2.11. The summed E-state index contributed by atoms with van der Waals surface area (Å²) in [6.07, 6.45) is 0.635. The van der Waals surface area contributed by atoms with Crippen molar-refractivity contribution in [1.29, 1.82) is 0 Å². The first-order chi connectivity index (χ1) is 11.2. The number of rotatable bonds is 7. The van der Waals surface area contributed by atoms with Crippen LogP contribution in [0.5, 0.6) is 5.75 Å². The fourth-order valence-electron chi connectivity index (χ4n) is 2.00. The van der Waals surface area contributed by atoms with E-state index in [0.717, 1.165) is 13.0 Å². The Morgan fingerprint density at radius 2 is 2.09 bits per heavy atom. The highest BCUT2D eigenvalue weighted by molar-refractivity contribution is 7.09. The molecule has 0 spiro atoms. The molecule has 124 valence electrons. The molecule has 0 aliphatic carbocycles. The molecule has 0 bridgehead atoms. The van der Waals surface area contributed by atoms with Crippen LogP contribution in [0.15, 0.2) is 46.8 Å². The molecule has 1 aromatic heterocycles. The van der Waals surface area contributed by atoms with Gasteiger partial charge >= 0.3 is 0 Å². The van der Waals surface area contributed by atoms with E-state index in [0.29, 0.717) is 12.5 Å². The van der Waals surface area contributed by atoms with Gasteiger partial charge in [0.2, 0.25) is 0 Å². The van der Waals surface area contributed by atoms with Crippen molar-refractivity contribution in [2.75, 3.05) is 13.6 Å². The van der Waals surface area contributed by atoms with Gasteiger partial charge in [-0.05, 0) is 30.0 Å². The number of benzene rings is 1. The molecule has 2 aromatic rings. The van der Waals surface area contributed by atoms with Crippen molar-refractivity contribution < 1.29 is 9.13 Å². The van der Waals surface area contributed by atoms with E-state index in [9.17, 15) is 4.39 Å². The molecule has 0 saturated heterocycles. The number of nitrogens with one attached hydrogen (secondary N) is 2. The Kier molecular flexibility index (Phi) is 6.87. The molecule has 0 radical (unpaired) electrons. The summed E-state index contributed by atoms with van der Waals surface area (Å²) in [6, 6.07) is 10.5. The number of nitrogens with zero attached hydrogens (tertiary/aromatic N) is 1. The molecule has 1 aromatic carbocycles. The normalized spacial score (nSPS) is 12.7. The lowest BCUT2D eigenvalue weighted by molar-refractivity contribution is 0.191. The Labute approximate surface area is 140 Å². The summed E-state index contributed by atoms with van der Waals surface area (Å²) >= 11 is 1.70. The van der Waals surface area contributed by atoms with Crippen LogP contribution in [0.25, 0.3) is 0 Å². The first-order valence-corrected chi connectivity index (χ1v) is 8.49. The second kappa shape index (κ2) is 9.15. The molecule has 2 rings (SSSR count). The summed E-state index contributed by atoms with van der Waals surface area (Å²) in [5.41, 5.74) is 0. The van der Waals surface area contributed by atoms with E-state index in [1.165, 1.54) is 10.9 Å². The number of guanidine groups is 1. The van der Waals surface area contributed by atoms with Crippen molar-refractivity contribution in [1.82, 2.24) is 10.6 Å². The monoisotopic (exact) mass is 335 g/mol. The zero-order chi connectivity index (χ0) is 16.5. The van der Waals surface area contributed by atoms with Gasteiger partial charge in [0.05, 0.1) is 13.1 Å². The first kappa shape index (κ1) is 17.3. The molecule has 1 atom stereocenters. The highest BCUT2D eigenvalue weighted by atomic mass is 32.1. The lowest BCUT2D eigenvalue weighted by atomic mass is 10.2. The van der Waals surface area contributed by atoms with Crippen LogP contribution in [-0.4, -0.2) is 25.7 Å². The van der Waals surface area contributed by atoms with Gasteiger partial charge in [-0.2, -0.15) is 0 Å². The molecule has 2 N–H and O–H groups in total. The molecule has 6 heteroatoms.